The maximum Gasteiger partial charge on any atom is 0.335 e. The van der Waals surface area contributed by atoms with Crippen LogP contribution in [0.4, 0.5) is 10.5 Å². The van der Waals surface area contributed by atoms with Gasteiger partial charge >= 0.3 is 12.0 Å². The predicted octanol–water partition coefficient (Wildman–Crippen LogP) is 5.77. The minimum absolute atomic E-state index is 0.0608. The number of carbonyl (C=O) groups is 3. The molecule has 3 amide bonds. The minimum atomic E-state index is -1.01. The Morgan fingerprint density at radius 2 is 1.81 bits per heavy atom. The number of imide groups is 1. The second-order valence-electron chi connectivity index (χ2n) is 7.66. The number of aromatic carboxylic acids is 1. The standard InChI is InChI=1S/C26H20Cl2N2O6/c1-2-35-22-12-16(10-20(28)23(22)36-14-15-6-8-17(9-7-15)25(32)33)11-21-24(31)30(26(34)29-21)19-5-3-4-18(27)13-19/h3-13H,2,14H2,1H3,(H,29,34)(H,32,33). The molecule has 0 aromatic heterocycles. The SMILES string of the molecule is CCOc1cc(C=C2NC(=O)N(c3cccc(Cl)c3)C2=O)cc(Cl)c1OCc1ccc(C(=O)O)cc1. The predicted molar refractivity (Wildman–Crippen MR) is 136 cm³/mol. The maximum atomic E-state index is 12.9. The molecule has 0 atom stereocenters. The molecule has 3 aromatic carbocycles. The molecule has 3 aromatic rings. The summed E-state index contributed by atoms with van der Waals surface area (Å²) in [5.74, 6) is -0.907. The summed E-state index contributed by atoms with van der Waals surface area (Å²) in [5, 5.41) is 12.2. The largest absolute Gasteiger partial charge is 0.490 e. The smallest absolute Gasteiger partial charge is 0.335 e. The summed E-state index contributed by atoms with van der Waals surface area (Å²) in [6.07, 6.45) is 1.49. The van der Waals surface area contributed by atoms with Crippen LogP contribution in [0.1, 0.15) is 28.4 Å². The van der Waals surface area contributed by atoms with Crippen LogP contribution in [0.2, 0.25) is 10.0 Å². The number of anilines is 1. The summed E-state index contributed by atoms with van der Waals surface area (Å²) in [5.41, 5.74) is 1.84. The first kappa shape index (κ1) is 25.1. The average Bonchev–Trinajstić information content (AvgIpc) is 3.11. The van der Waals surface area contributed by atoms with E-state index in [4.69, 9.17) is 37.8 Å². The molecule has 10 heteroatoms. The zero-order valence-electron chi connectivity index (χ0n) is 19.0. The first-order valence-corrected chi connectivity index (χ1v) is 11.6. The maximum absolute atomic E-state index is 12.9. The van der Waals surface area contributed by atoms with E-state index < -0.39 is 17.9 Å². The molecular weight excluding hydrogens is 507 g/mol. The van der Waals surface area contributed by atoms with E-state index in [9.17, 15) is 14.4 Å². The Kier molecular flexibility index (Phi) is 7.47. The van der Waals surface area contributed by atoms with Crippen LogP contribution >= 0.6 is 23.2 Å². The van der Waals surface area contributed by atoms with Gasteiger partial charge in [-0.15, -0.1) is 0 Å². The fourth-order valence-electron chi connectivity index (χ4n) is 3.52. The lowest BCUT2D eigenvalue weighted by Crippen LogP contribution is -2.30. The Balaban J connectivity index is 1.57. The molecule has 0 aliphatic carbocycles. The fourth-order valence-corrected chi connectivity index (χ4v) is 3.98. The minimum Gasteiger partial charge on any atom is -0.490 e. The Bertz CT molecular complexity index is 1370. The lowest BCUT2D eigenvalue weighted by Gasteiger charge is -2.15. The third kappa shape index (κ3) is 5.45. The van der Waals surface area contributed by atoms with Gasteiger partial charge in [-0.05, 0) is 66.6 Å². The van der Waals surface area contributed by atoms with E-state index >= 15 is 0 Å². The second-order valence-corrected chi connectivity index (χ2v) is 8.51. The normalized spacial score (nSPS) is 14.2. The molecule has 1 aliphatic heterocycles. The van der Waals surface area contributed by atoms with E-state index in [1.165, 1.54) is 24.3 Å². The van der Waals surface area contributed by atoms with Crippen LogP contribution in [-0.4, -0.2) is 29.6 Å². The van der Waals surface area contributed by atoms with Crippen molar-refractivity contribution in [3.05, 3.63) is 93.1 Å². The van der Waals surface area contributed by atoms with Crippen molar-refractivity contribution in [2.45, 2.75) is 13.5 Å². The molecule has 0 unspecified atom stereocenters. The summed E-state index contributed by atoms with van der Waals surface area (Å²) < 4.78 is 11.6. The molecule has 4 rings (SSSR count). The number of nitrogens with zero attached hydrogens (tertiary/aromatic N) is 1. The molecule has 1 saturated heterocycles. The number of rotatable bonds is 8. The summed E-state index contributed by atoms with van der Waals surface area (Å²) in [6, 6.07) is 15.3. The van der Waals surface area contributed by atoms with Gasteiger partial charge in [-0.2, -0.15) is 0 Å². The van der Waals surface area contributed by atoms with Crippen molar-refractivity contribution >= 4 is 52.9 Å². The van der Waals surface area contributed by atoms with Crippen LogP contribution in [0, 0.1) is 0 Å². The molecule has 0 spiro atoms. The van der Waals surface area contributed by atoms with Crippen LogP contribution in [0.15, 0.2) is 66.4 Å². The van der Waals surface area contributed by atoms with E-state index in [1.54, 1.807) is 49.4 Å². The van der Waals surface area contributed by atoms with Crippen LogP contribution < -0.4 is 19.7 Å². The van der Waals surface area contributed by atoms with Gasteiger partial charge in [0.15, 0.2) is 11.5 Å². The van der Waals surface area contributed by atoms with E-state index in [1.807, 2.05) is 0 Å². The zero-order chi connectivity index (χ0) is 25.8. The van der Waals surface area contributed by atoms with Gasteiger partial charge in [-0.3, -0.25) is 4.79 Å². The molecule has 8 nitrogen and oxygen atoms in total. The number of carboxylic acids is 1. The number of urea groups is 1. The molecule has 184 valence electrons. The summed E-state index contributed by atoms with van der Waals surface area (Å²) in [7, 11) is 0. The van der Waals surface area contributed by atoms with Gasteiger partial charge in [-0.25, -0.2) is 14.5 Å². The highest BCUT2D eigenvalue weighted by Gasteiger charge is 2.35. The van der Waals surface area contributed by atoms with Crippen LogP contribution in [0.25, 0.3) is 6.08 Å². The number of carboxylic acid groups (broad SMARTS) is 1. The van der Waals surface area contributed by atoms with Crippen molar-refractivity contribution in [2.24, 2.45) is 0 Å². The summed E-state index contributed by atoms with van der Waals surface area (Å²) >= 11 is 12.5. The average molecular weight is 527 g/mol. The highest BCUT2D eigenvalue weighted by molar-refractivity contribution is 6.33. The molecule has 0 bridgehead atoms. The Morgan fingerprint density at radius 1 is 1.06 bits per heavy atom. The van der Waals surface area contributed by atoms with Crippen molar-refractivity contribution in [1.82, 2.24) is 5.32 Å². The molecule has 2 N–H and O–H groups in total. The highest BCUT2D eigenvalue weighted by Crippen LogP contribution is 2.38. The topological polar surface area (TPSA) is 105 Å². The van der Waals surface area contributed by atoms with Crippen molar-refractivity contribution in [1.29, 1.82) is 0 Å². The first-order valence-electron chi connectivity index (χ1n) is 10.8. The quantitative estimate of drug-likeness (QED) is 0.285. The second kappa shape index (κ2) is 10.7. The van der Waals surface area contributed by atoms with Crippen LogP contribution in [-0.2, 0) is 11.4 Å². The number of halogens is 2. The first-order chi connectivity index (χ1) is 17.3. The molecular formula is C26H20Cl2N2O6. The van der Waals surface area contributed by atoms with Crippen molar-refractivity contribution in [3.8, 4) is 11.5 Å². The van der Waals surface area contributed by atoms with Gasteiger partial charge in [0.25, 0.3) is 5.91 Å². The fraction of sp³-hybridized carbons (Fsp3) is 0.115. The lowest BCUT2D eigenvalue weighted by molar-refractivity contribution is -0.113. The number of amides is 3. The van der Waals surface area contributed by atoms with E-state index in [0.717, 1.165) is 10.5 Å². The van der Waals surface area contributed by atoms with Gasteiger partial charge in [0.2, 0.25) is 0 Å². The van der Waals surface area contributed by atoms with Crippen molar-refractivity contribution in [2.75, 3.05) is 11.5 Å². The van der Waals surface area contributed by atoms with Gasteiger partial charge in [0, 0.05) is 5.02 Å². The van der Waals surface area contributed by atoms with Gasteiger partial charge < -0.3 is 19.9 Å². The third-order valence-electron chi connectivity index (χ3n) is 5.17. The number of nitrogens with one attached hydrogen (secondary N) is 1. The summed E-state index contributed by atoms with van der Waals surface area (Å²) in [4.78, 5) is 37.4. The van der Waals surface area contributed by atoms with E-state index in [0.29, 0.717) is 34.4 Å². The van der Waals surface area contributed by atoms with E-state index in [-0.39, 0.29) is 22.9 Å². The summed E-state index contributed by atoms with van der Waals surface area (Å²) in [6.45, 7) is 2.26. The number of benzene rings is 3. The number of hydrogen-bond acceptors (Lipinski definition) is 5. The number of ether oxygens (including phenoxy) is 2. The zero-order valence-corrected chi connectivity index (χ0v) is 20.5. The Hall–Kier alpha value is -4.01. The molecule has 1 aliphatic rings. The van der Waals surface area contributed by atoms with Gasteiger partial charge in [-0.1, -0.05) is 41.4 Å². The van der Waals surface area contributed by atoms with E-state index in [2.05, 4.69) is 5.32 Å². The van der Waals surface area contributed by atoms with Crippen LogP contribution in [0.5, 0.6) is 11.5 Å². The van der Waals surface area contributed by atoms with Crippen LogP contribution in [0.3, 0.4) is 0 Å². The lowest BCUT2D eigenvalue weighted by atomic mass is 10.1. The molecule has 1 fully saturated rings. The van der Waals surface area contributed by atoms with Crippen molar-refractivity contribution in [3.63, 3.8) is 0 Å². The number of carbonyl (C=O) groups excluding carboxylic acids is 2. The number of hydrogen-bond donors (Lipinski definition) is 2. The third-order valence-corrected chi connectivity index (χ3v) is 5.69. The van der Waals surface area contributed by atoms with Gasteiger partial charge in [0.1, 0.15) is 12.3 Å². The Labute approximate surface area is 216 Å². The van der Waals surface area contributed by atoms with Crippen molar-refractivity contribution < 1.29 is 29.0 Å². The molecule has 0 radical (unpaired) electrons. The molecule has 0 saturated carbocycles. The molecule has 36 heavy (non-hydrogen) atoms. The monoisotopic (exact) mass is 526 g/mol. The molecule has 1 heterocycles. The highest BCUT2D eigenvalue weighted by atomic mass is 35.5. The van der Waals surface area contributed by atoms with Gasteiger partial charge in [0.05, 0.1) is 22.9 Å². The Morgan fingerprint density at radius 3 is 2.47 bits per heavy atom.